The van der Waals surface area contributed by atoms with Crippen LogP contribution in [0.3, 0.4) is 0 Å². The Bertz CT molecular complexity index is 1370. The van der Waals surface area contributed by atoms with Crippen LogP contribution in [-0.4, -0.2) is 0 Å². The van der Waals surface area contributed by atoms with Crippen LogP contribution >= 0.6 is 0 Å². The van der Waals surface area contributed by atoms with Crippen LogP contribution in [0.1, 0.15) is 98.4 Å². The quantitative estimate of drug-likeness (QED) is 0.354. The molecule has 6 rings (SSSR count). The van der Waals surface area contributed by atoms with E-state index in [9.17, 15) is 0 Å². The van der Waals surface area contributed by atoms with E-state index in [4.69, 9.17) is 0 Å². The SMILES string of the molecule is C[C-]1C2=C3Cc4ccccc4C3=C3C=CC(C)C(C)C3(C)C2(C)C(C)C(C)C1C.Cc1cc(C(C)(C)C)c[cH-]1.[Cl-].[Cl-].[Zr+4]. The van der Waals surface area contributed by atoms with Gasteiger partial charge in [0.25, 0.3) is 0 Å². The molecule has 2 aromatic carbocycles. The standard InChI is InChI=1S/C29H37.C10H15.2ClH.Zr/c1-16-13-14-25-26-23-12-10-9-11-22(23)15-24(26)27-19(4)17(2)18(3)21(6)29(27,8)28(25,7)20(16)5;1-8-5-6-9(7-8)10(2,3)4;;;/h9-14,16-18,20-21H,15H2,1-8H3;5-7H,1-4H3;2*1H;/q2*-1;;;+4/p-2. The zero-order valence-corrected chi connectivity index (χ0v) is 32.0. The molecule has 0 amide bonds. The van der Waals surface area contributed by atoms with E-state index < -0.39 is 0 Å². The average molecular weight is 683 g/mol. The summed E-state index contributed by atoms with van der Waals surface area (Å²) in [4.78, 5) is 0. The number of aryl methyl sites for hydroxylation is 1. The van der Waals surface area contributed by atoms with Crippen molar-refractivity contribution in [1.82, 2.24) is 0 Å². The first-order chi connectivity index (χ1) is 18.2. The molecule has 0 spiro atoms. The third-order valence-electron chi connectivity index (χ3n) is 12.3. The molecule has 0 N–H and O–H groups in total. The fraction of sp³-hybridized carbons (Fsp3) is 0.538. The second-order valence-corrected chi connectivity index (χ2v) is 14.9. The molecule has 0 heterocycles. The van der Waals surface area contributed by atoms with E-state index >= 15 is 0 Å². The predicted molar refractivity (Wildman–Crippen MR) is 170 cm³/mol. The van der Waals surface area contributed by atoms with Gasteiger partial charge in [-0.1, -0.05) is 147 Å². The maximum atomic E-state index is 2.63. The number of fused-ring (bicyclic) bond motifs is 6. The van der Waals surface area contributed by atoms with Crippen molar-refractivity contribution in [3.63, 3.8) is 0 Å². The number of hydrogen-bond donors (Lipinski definition) is 0. The van der Waals surface area contributed by atoms with Gasteiger partial charge in [0.1, 0.15) is 0 Å². The Kier molecular flexibility index (Phi) is 11.4. The molecule has 2 aromatic rings. The number of rotatable bonds is 0. The molecular formula is C39H52Cl2Zr. The Morgan fingerprint density at radius 3 is 2.10 bits per heavy atom. The van der Waals surface area contributed by atoms with Gasteiger partial charge in [0.2, 0.25) is 0 Å². The minimum absolute atomic E-state index is 0. The average Bonchev–Trinajstić information content (AvgIpc) is 3.49. The minimum Gasteiger partial charge on any atom is -1.00 e. The zero-order chi connectivity index (χ0) is 28.7. The zero-order valence-electron chi connectivity index (χ0n) is 28.0. The molecule has 226 valence electrons. The normalized spacial score (nSPS) is 32.7. The predicted octanol–water partition coefficient (Wildman–Crippen LogP) is 4.69. The van der Waals surface area contributed by atoms with Gasteiger partial charge >= 0.3 is 26.2 Å². The summed E-state index contributed by atoms with van der Waals surface area (Å²) in [5, 5.41) is 0. The molecule has 0 bridgehead atoms. The fourth-order valence-corrected chi connectivity index (χ4v) is 8.87. The summed E-state index contributed by atoms with van der Waals surface area (Å²) in [6.45, 7) is 29.0. The van der Waals surface area contributed by atoms with E-state index in [1.54, 1.807) is 28.2 Å². The molecule has 7 unspecified atom stereocenters. The Morgan fingerprint density at radius 2 is 1.55 bits per heavy atom. The van der Waals surface area contributed by atoms with E-state index in [0.717, 1.165) is 6.42 Å². The largest absolute Gasteiger partial charge is 4.00 e. The van der Waals surface area contributed by atoms with Crippen LogP contribution in [0.4, 0.5) is 0 Å². The van der Waals surface area contributed by atoms with Crippen molar-refractivity contribution in [2.45, 2.75) is 94.9 Å². The fourth-order valence-electron chi connectivity index (χ4n) is 8.87. The summed E-state index contributed by atoms with van der Waals surface area (Å²) in [7, 11) is 0. The molecule has 1 saturated carbocycles. The summed E-state index contributed by atoms with van der Waals surface area (Å²) in [5.41, 5.74) is 13.0. The number of benzene rings is 1. The van der Waals surface area contributed by atoms with Crippen molar-refractivity contribution in [1.29, 1.82) is 0 Å². The molecule has 4 aliphatic carbocycles. The molecule has 7 atom stereocenters. The Morgan fingerprint density at radius 1 is 0.929 bits per heavy atom. The monoisotopic (exact) mass is 680 g/mol. The van der Waals surface area contributed by atoms with E-state index in [-0.39, 0.29) is 61.8 Å². The van der Waals surface area contributed by atoms with Crippen molar-refractivity contribution < 1.29 is 51.0 Å². The van der Waals surface area contributed by atoms with E-state index in [1.165, 1.54) is 22.3 Å². The van der Waals surface area contributed by atoms with Gasteiger partial charge in [0.05, 0.1) is 0 Å². The summed E-state index contributed by atoms with van der Waals surface area (Å²) < 4.78 is 0. The van der Waals surface area contributed by atoms with Gasteiger partial charge in [-0.3, -0.25) is 0 Å². The summed E-state index contributed by atoms with van der Waals surface area (Å²) >= 11 is 0. The van der Waals surface area contributed by atoms with Gasteiger partial charge in [0.15, 0.2) is 0 Å². The summed E-state index contributed by atoms with van der Waals surface area (Å²) in [5.74, 6) is 4.93. The molecule has 3 heteroatoms. The Hall–Kier alpha value is -0.877. The molecule has 0 nitrogen and oxygen atoms in total. The number of hydrogen-bond acceptors (Lipinski definition) is 0. The van der Waals surface area contributed by atoms with Gasteiger partial charge < -0.3 is 24.8 Å². The molecule has 4 aliphatic rings. The molecule has 42 heavy (non-hydrogen) atoms. The van der Waals surface area contributed by atoms with Crippen molar-refractivity contribution in [2.24, 2.45) is 40.4 Å². The summed E-state index contributed by atoms with van der Waals surface area (Å²) in [6, 6.07) is 15.8. The molecular weight excluding hydrogens is 631 g/mol. The smallest absolute Gasteiger partial charge is 1.00 e. The molecule has 0 aromatic heterocycles. The first-order valence-corrected chi connectivity index (χ1v) is 15.5. The first-order valence-electron chi connectivity index (χ1n) is 15.5. The van der Waals surface area contributed by atoms with Gasteiger partial charge in [-0.2, -0.15) is 34.4 Å². The minimum atomic E-state index is 0. The van der Waals surface area contributed by atoms with Gasteiger partial charge in [-0.25, -0.2) is 12.0 Å². The third kappa shape index (κ3) is 5.35. The van der Waals surface area contributed by atoms with Crippen molar-refractivity contribution in [3.8, 4) is 0 Å². The van der Waals surface area contributed by atoms with Crippen LogP contribution in [-0.2, 0) is 38.0 Å². The maximum Gasteiger partial charge on any atom is 4.00 e. The topological polar surface area (TPSA) is 0 Å². The second kappa shape index (κ2) is 12.9. The number of allylic oxidation sites excluding steroid dienone is 6. The van der Waals surface area contributed by atoms with Crippen molar-refractivity contribution in [3.05, 3.63) is 99.5 Å². The maximum absolute atomic E-state index is 2.63. The molecule has 1 fully saturated rings. The van der Waals surface area contributed by atoms with Gasteiger partial charge in [-0.15, -0.1) is 6.92 Å². The van der Waals surface area contributed by atoms with Crippen LogP contribution in [0.5, 0.6) is 0 Å². The summed E-state index contributed by atoms with van der Waals surface area (Å²) in [6.07, 6.45) is 6.12. The van der Waals surface area contributed by atoms with Gasteiger partial charge in [0, 0.05) is 5.41 Å². The first kappa shape index (κ1) is 37.3. The third-order valence-corrected chi connectivity index (χ3v) is 12.3. The van der Waals surface area contributed by atoms with E-state index in [1.807, 2.05) is 0 Å². The molecule has 0 aliphatic heterocycles. The van der Waals surface area contributed by atoms with Crippen LogP contribution in [0.15, 0.2) is 71.3 Å². The van der Waals surface area contributed by atoms with Crippen molar-refractivity contribution in [2.75, 3.05) is 0 Å². The van der Waals surface area contributed by atoms with Crippen LogP contribution < -0.4 is 24.8 Å². The Labute approximate surface area is 289 Å². The van der Waals surface area contributed by atoms with Crippen LogP contribution in [0.2, 0.25) is 0 Å². The number of halogens is 2. The van der Waals surface area contributed by atoms with E-state index in [0.29, 0.717) is 35.0 Å². The van der Waals surface area contributed by atoms with Crippen LogP contribution in [0.25, 0.3) is 5.57 Å². The van der Waals surface area contributed by atoms with Gasteiger partial charge in [-0.05, 0) is 34.7 Å². The molecule has 0 radical (unpaired) electrons. The second-order valence-electron chi connectivity index (χ2n) is 14.9. The van der Waals surface area contributed by atoms with Crippen molar-refractivity contribution >= 4 is 5.57 Å². The van der Waals surface area contributed by atoms with E-state index in [2.05, 4.69) is 138 Å². The Balaban J connectivity index is 0.000000409. The van der Waals surface area contributed by atoms with Crippen LogP contribution in [0, 0.1) is 53.3 Å². The molecule has 0 saturated heterocycles.